The van der Waals surface area contributed by atoms with E-state index in [-0.39, 0.29) is 0 Å². The lowest BCUT2D eigenvalue weighted by Gasteiger charge is -1.97. The van der Waals surface area contributed by atoms with E-state index >= 15 is 0 Å². The van der Waals surface area contributed by atoms with Crippen LogP contribution in [-0.2, 0) is 0 Å². The number of aryl methyl sites for hydroxylation is 3. The Morgan fingerprint density at radius 3 is 2.46 bits per heavy atom. The molecule has 0 spiro atoms. The third kappa shape index (κ3) is 1.03. The van der Waals surface area contributed by atoms with E-state index in [9.17, 15) is 0 Å². The van der Waals surface area contributed by atoms with Crippen LogP contribution in [0.2, 0.25) is 0 Å². The second-order valence-electron chi connectivity index (χ2n) is 3.44. The van der Waals surface area contributed by atoms with Gasteiger partial charge in [-0.3, -0.25) is 0 Å². The molecule has 2 heterocycles. The molecule has 0 aromatic carbocycles. The Bertz CT molecular complexity index is 468. The molecule has 0 bridgehead atoms. The maximum absolute atomic E-state index is 4.36. The Balaban J connectivity index is 2.95. The fraction of sp³-hybridized carbons (Fsp3) is 0.400. The summed E-state index contributed by atoms with van der Waals surface area (Å²) in [6, 6.07) is 0. The van der Waals surface area contributed by atoms with Gasteiger partial charge in [-0.1, -0.05) is 0 Å². The molecule has 0 aliphatic heterocycles. The van der Waals surface area contributed by atoms with E-state index in [4.69, 9.17) is 0 Å². The minimum Gasteiger partial charge on any atom is -0.238 e. The van der Waals surface area contributed by atoms with E-state index in [1.807, 2.05) is 17.6 Å². The number of aromatic nitrogens is 3. The lowest BCUT2D eigenvalue weighted by molar-refractivity contribution is 0.829. The number of hydrogen-bond donors (Lipinski definition) is 0. The largest absolute Gasteiger partial charge is 0.238 e. The highest BCUT2D eigenvalue weighted by atomic mass is 15.3. The van der Waals surface area contributed by atoms with Crippen molar-refractivity contribution < 1.29 is 0 Å². The maximum atomic E-state index is 4.36. The van der Waals surface area contributed by atoms with Crippen molar-refractivity contribution in [1.82, 2.24) is 14.6 Å². The first-order valence-corrected chi connectivity index (χ1v) is 4.39. The molecule has 0 aliphatic rings. The molecule has 0 atom stereocenters. The topological polar surface area (TPSA) is 30.2 Å². The Morgan fingerprint density at radius 1 is 1.08 bits per heavy atom. The quantitative estimate of drug-likeness (QED) is 0.612. The van der Waals surface area contributed by atoms with Crippen LogP contribution in [0.1, 0.15) is 22.6 Å². The number of fused-ring (bicyclic) bond motifs is 1. The molecule has 0 saturated heterocycles. The predicted molar refractivity (Wildman–Crippen MR) is 51.9 cm³/mol. The van der Waals surface area contributed by atoms with Crippen LogP contribution in [0.3, 0.4) is 0 Å². The lowest BCUT2D eigenvalue weighted by Crippen LogP contribution is -1.98. The zero-order chi connectivity index (χ0) is 9.59. The van der Waals surface area contributed by atoms with Crippen molar-refractivity contribution in [3.63, 3.8) is 0 Å². The molecule has 0 aliphatic carbocycles. The van der Waals surface area contributed by atoms with Gasteiger partial charge in [-0.05, 0) is 38.8 Å². The summed E-state index contributed by atoms with van der Waals surface area (Å²) in [5.41, 5.74) is 4.90. The molecule has 0 amide bonds. The van der Waals surface area contributed by atoms with E-state index in [2.05, 4.69) is 30.9 Å². The summed E-state index contributed by atoms with van der Waals surface area (Å²) < 4.78 is 1.97. The van der Waals surface area contributed by atoms with Crippen molar-refractivity contribution in [2.24, 2.45) is 0 Å². The van der Waals surface area contributed by atoms with Crippen molar-refractivity contribution >= 4 is 5.52 Å². The summed E-state index contributed by atoms with van der Waals surface area (Å²) in [6.45, 7) is 8.22. The smallest absolute Gasteiger partial charge is 0.146 e. The minimum absolute atomic E-state index is 0.811. The molecule has 0 saturated carbocycles. The molecule has 68 valence electrons. The van der Waals surface area contributed by atoms with E-state index < -0.39 is 0 Å². The molecular formula is C10H13N3. The standard InChI is InChI=1S/C10H13N3/c1-6-7(2)10-5-11-9(4)12-13(10)8(6)3/h5H,1-4H3. The van der Waals surface area contributed by atoms with Gasteiger partial charge in [-0.15, -0.1) is 0 Å². The highest BCUT2D eigenvalue weighted by molar-refractivity contribution is 5.58. The van der Waals surface area contributed by atoms with E-state index in [1.165, 1.54) is 16.8 Å². The minimum atomic E-state index is 0.811. The fourth-order valence-electron chi connectivity index (χ4n) is 1.57. The molecule has 0 fully saturated rings. The van der Waals surface area contributed by atoms with Crippen molar-refractivity contribution in [3.05, 3.63) is 28.8 Å². The van der Waals surface area contributed by atoms with Crippen molar-refractivity contribution in [2.75, 3.05) is 0 Å². The molecule has 2 aromatic rings. The summed E-state index contributed by atoms with van der Waals surface area (Å²) in [4.78, 5) is 4.19. The van der Waals surface area contributed by atoms with Crippen LogP contribution >= 0.6 is 0 Å². The first-order chi connectivity index (χ1) is 6.11. The van der Waals surface area contributed by atoms with Gasteiger partial charge in [-0.25, -0.2) is 9.50 Å². The normalized spacial score (nSPS) is 11.1. The molecule has 3 heteroatoms. The van der Waals surface area contributed by atoms with Crippen LogP contribution in [0, 0.1) is 27.7 Å². The number of nitrogens with zero attached hydrogens (tertiary/aromatic N) is 3. The zero-order valence-electron chi connectivity index (χ0n) is 8.42. The van der Waals surface area contributed by atoms with Crippen LogP contribution in [0.15, 0.2) is 6.20 Å². The van der Waals surface area contributed by atoms with E-state index in [1.54, 1.807) is 0 Å². The first kappa shape index (κ1) is 8.23. The van der Waals surface area contributed by atoms with Gasteiger partial charge in [0, 0.05) is 5.69 Å². The summed E-state index contributed by atoms with van der Waals surface area (Å²) in [6.07, 6.45) is 1.89. The van der Waals surface area contributed by atoms with Crippen molar-refractivity contribution in [2.45, 2.75) is 27.7 Å². The third-order valence-corrected chi connectivity index (χ3v) is 2.65. The highest BCUT2D eigenvalue weighted by Crippen LogP contribution is 2.19. The van der Waals surface area contributed by atoms with Gasteiger partial charge in [-0.2, -0.15) is 5.10 Å². The van der Waals surface area contributed by atoms with Crippen LogP contribution in [0.25, 0.3) is 5.52 Å². The predicted octanol–water partition coefficient (Wildman–Crippen LogP) is 1.96. The third-order valence-electron chi connectivity index (χ3n) is 2.65. The number of rotatable bonds is 0. The molecule has 0 radical (unpaired) electrons. The summed E-state index contributed by atoms with van der Waals surface area (Å²) in [5, 5.41) is 4.36. The van der Waals surface area contributed by atoms with Gasteiger partial charge < -0.3 is 0 Å². The Hall–Kier alpha value is -1.38. The molecular weight excluding hydrogens is 162 g/mol. The van der Waals surface area contributed by atoms with Crippen LogP contribution in [0.5, 0.6) is 0 Å². The SMILES string of the molecule is Cc1ncc2c(C)c(C)c(C)n2n1. The van der Waals surface area contributed by atoms with Gasteiger partial charge >= 0.3 is 0 Å². The van der Waals surface area contributed by atoms with E-state index in [0.29, 0.717) is 0 Å². The van der Waals surface area contributed by atoms with Crippen LogP contribution in [-0.4, -0.2) is 14.6 Å². The van der Waals surface area contributed by atoms with Crippen molar-refractivity contribution in [1.29, 1.82) is 0 Å². The number of hydrogen-bond acceptors (Lipinski definition) is 2. The highest BCUT2D eigenvalue weighted by Gasteiger charge is 2.08. The molecule has 3 nitrogen and oxygen atoms in total. The first-order valence-electron chi connectivity index (χ1n) is 4.39. The van der Waals surface area contributed by atoms with Crippen LogP contribution < -0.4 is 0 Å². The van der Waals surface area contributed by atoms with Gasteiger partial charge in [0.05, 0.1) is 11.7 Å². The van der Waals surface area contributed by atoms with Gasteiger partial charge in [0.25, 0.3) is 0 Å². The fourth-order valence-corrected chi connectivity index (χ4v) is 1.57. The second kappa shape index (κ2) is 2.55. The van der Waals surface area contributed by atoms with Crippen LogP contribution in [0.4, 0.5) is 0 Å². The maximum Gasteiger partial charge on any atom is 0.146 e. The zero-order valence-corrected chi connectivity index (χ0v) is 8.42. The summed E-state index contributed by atoms with van der Waals surface area (Å²) >= 11 is 0. The van der Waals surface area contributed by atoms with Gasteiger partial charge in [0.1, 0.15) is 5.82 Å². The Labute approximate surface area is 77.4 Å². The molecule has 2 aromatic heterocycles. The summed E-state index contributed by atoms with van der Waals surface area (Å²) in [5.74, 6) is 0.811. The van der Waals surface area contributed by atoms with E-state index in [0.717, 1.165) is 11.3 Å². The lowest BCUT2D eigenvalue weighted by atomic mass is 10.2. The summed E-state index contributed by atoms with van der Waals surface area (Å²) in [7, 11) is 0. The van der Waals surface area contributed by atoms with Gasteiger partial charge in [0.15, 0.2) is 0 Å². The Morgan fingerprint density at radius 2 is 1.77 bits per heavy atom. The average molecular weight is 175 g/mol. The second-order valence-corrected chi connectivity index (χ2v) is 3.44. The van der Waals surface area contributed by atoms with Crippen molar-refractivity contribution in [3.8, 4) is 0 Å². The average Bonchev–Trinajstić information content (AvgIpc) is 2.32. The molecule has 0 unspecified atom stereocenters. The van der Waals surface area contributed by atoms with Gasteiger partial charge in [0.2, 0.25) is 0 Å². The monoisotopic (exact) mass is 175 g/mol. The molecule has 13 heavy (non-hydrogen) atoms. The molecule has 2 rings (SSSR count). The Kier molecular flexibility index (Phi) is 1.62. The molecule has 0 N–H and O–H groups in total.